The molecule has 3 N–H and O–H groups in total. The molecular weight excluding hydrogens is 327 g/mol. The molecule has 2 rings (SSSR count). The number of halogens is 2. The quantitative estimate of drug-likeness (QED) is 0.555. The number of rotatable bonds is 6. The Kier molecular flexibility index (Phi) is 5.80. The Morgan fingerprint density at radius 2 is 1.91 bits per heavy atom. The van der Waals surface area contributed by atoms with Crippen LogP contribution in [0.3, 0.4) is 0 Å². The number of hydrogen-bond acceptors (Lipinski definition) is 5. The number of anilines is 1. The largest absolute Gasteiger partial charge is 0.508 e. The predicted molar refractivity (Wildman–Crippen MR) is 85.6 cm³/mol. The number of nitrogens with zero attached hydrogens (tertiary/aromatic N) is 2. The summed E-state index contributed by atoms with van der Waals surface area (Å²) in [7, 11) is 0. The summed E-state index contributed by atoms with van der Waals surface area (Å²) in [6.07, 6.45) is 2.10. The Hall–Kier alpha value is -2.05. The fraction of sp³-hybridized carbons (Fsp3) is 0.214. The third-order valence-corrected chi connectivity index (χ3v) is 3.23. The van der Waals surface area contributed by atoms with Crippen LogP contribution in [-0.2, 0) is 0 Å². The maximum Gasteiger partial charge on any atom is 0.251 e. The molecule has 0 radical (unpaired) electrons. The van der Waals surface area contributed by atoms with Crippen LogP contribution in [0.4, 0.5) is 5.82 Å². The van der Waals surface area contributed by atoms with Crippen molar-refractivity contribution in [2.45, 2.75) is 6.42 Å². The van der Waals surface area contributed by atoms with E-state index in [1.165, 1.54) is 18.3 Å². The fourth-order valence-electron chi connectivity index (χ4n) is 1.68. The van der Waals surface area contributed by atoms with Gasteiger partial charge in [0.05, 0.1) is 6.20 Å². The zero-order valence-corrected chi connectivity index (χ0v) is 13.0. The van der Waals surface area contributed by atoms with E-state index in [1.807, 2.05) is 0 Å². The molecule has 0 unspecified atom stereocenters. The van der Waals surface area contributed by atoms with Crippen molar-refractivity contribution < 1.29 is 9.90 Å². The van der Waals surface area contributed by atoms with Crippen LogP contribution in [0.1, 0.15) is 16.8 Å². The normalized spacial score (nSPS) is 10.3. The van der Waals surface area contributed by atoms with Gasteiger partial charge in [-0.15, -0.1) is 0 Å². The van der Waals surface area contributed by atoms with E-state index in [4.69, 9.17) is 28.3 Å². The summed E-state index contributed by atoms with van der Waals surface area (Å²) in [6.45, 7) is 1.06. The number of benzene rings is 1. The lowest BCUT2D eigenvalue weighted by atomic mass is 10.2. The Labute approximate surface area is 137 Å². The van der Waals surface area contributed by atoms with E-state index in [9.17, 15) is 4.79 Å². The van der Waals surface area contributed by atoms with E-state index in [-0.39, 0.29) is 16.9 Å². The molecule has 0 spiro atoms. The molecule has 0 aliphatic carbocycles. The molecule has 1 aromatic heterocycles. The number of aromatic nitrogens is 2. The van der Waals surface area contributed by atoms with Gasteiger partial charge in [-0.05, 0) is 42.3 Å². The van der Waals surface area contributed by atoms with Crippen LogP contribution in [0, 0.1) is 0 Å². The second-order valence-electron chi connectivity index (χ2n) is 4.42. The zero-order chi connectivity index (χ0) is 15.9. The van der Waals surface area contributed by atoms with Crippen molar-refractivity contribution >= 4 is 34.9 Å². The number of hydrogen-bond donors (Lipinski definition) is 3. The molecule has 6 nitrogen and oxygen atoms in total. The molecule has 1 amide bonds. The van der Waals surface area contributed by atoms with Gasteiger partial charge in [0.1, 0.15) is 16.6 Å². The van der Waals surface area contributed by atoms with Crippen LogP contribution in [0.5, 0.6) is 5.75 Å². The first kappa shape index (κ1) is 16.3. The van der Waals surface area contributed by atoms with Crippen LogP contribution >= 0.6 is 23.2 Å². The minimum atomic E-state index is -0.192. The summed E-state index contributed by atoms with van der Waals surface area (Å²) in [6, 6.07) is 6.06. The Morgan fingerprint density at radius 3 is 2.64 bits per heavy atom. The van der Waals surface area contributed by atoms with Crippen molar-refractivity contribution in [2.75, 3.05) is 18.4 Å². The molecule has 8 heteroatoms. The molecule has 22 heavy (non-hydrogen) atoms. The van der Waals surface area contributed by atoms with Gasteiger partial charge in [0.15, 0.2) is 0 Å². The van der Waals surface area contributed by atoms with E-state index >= 15 is 0 Å². The Bertz CT molecular complexity index is 650. The lowest BCUT2D eigenvalue weighted by Crippen LogP contribution is -2.25. The van der Waals surface area contributed by atoms with Gasteiger partial charge in [0.25, 0.3) is 5.91 Å². The van der Waals surface area contributed by atoms with Gasteiger partial charge in [-0.3, -0.25) is 4.79 Å². The van der Waals surface area contributed by atoms with Gasteiger partial charge < -0.3 is 15.7 Å². The van der Waals surface area contributed by atoms with Crippen LogP contribution in [-0.4, -0.2) is 34.1 Å². The standard InChI is InChI=1S/C14H14Cl2N4O2/c15-11-8-19-14(16)20-12(11)17-6-1-7-18-13(22)9-2-4-10(21)5-3-9/h2-5,8,21H,1,6-7H2,(H,18,22)(H,17,19,20). The average molecular weight is 341 g/mol. The first-order valence-electron chi connectivity index (χ1n) is 6.55. The topological polar surface area (TPSA) is 87.1 Å². The van der Waals surface area contributed by atoms with Crippen molar-refractivity contribution in [3.8, 4) is 5.75 Å². The SMILES string of the molecule is O=C(NCCCNc1nc(Cl)ncc1Cl)c1ccc(O)cc1. The highest BCUT2D eigenvalue weighted by Gasteiger charge is 2.05. The van der Waals surface area contributed by atoms with Crippen molar-refractivity contribution in [3.05, 3.63) is 46.3 Å². The molecule has 1 heterocycles. The summed E-state index contributed by atoms with van der Waals surface area (Å²) in [5.41, 5.74) is 0.497. The summed E-state index contributed by atoms with van der Waals surface area (Å²) in [4.78, 5) is 19.5. The number of phenolic OH excluding ortho intramolecular Hbond substituents is 1. The average Bonchev–Trinajstić information content (AvgIpc) is 2.50. The Balaban J connectivity index is 1.72. The van der Waals surface area contributed by atoms with Crippen LogP contribution in [0.15, 0.2) is 30.5 Å². The second-order valence-corrected chi connectivity index (χ2v) is 5.16. The van der Waals surface area contributed by atoms with E-state index < -0.39 is 0 Å². The zero-order valence-electron chi connectivity index (χ0n) is 11.5. The lowest BCUT2D eigenvalue weighted by Gasteiger charge is -2.08. The first-order valence-corrected chi connectivity index (χ1v) is 7.31. The van der Waals surface area contributed by atoms with E-state index in [0.29, 0.717) is 35.9 Å². The van der Waals surface area contributed by atoms with Gasteiger partial charge in [0.2, 0.25) is 5.28 Å². The highest BCUT2D eigenvalue weighted by Crippen LogP contribution is 2.19. The van der Waals surface area contributed by atoms with Crippen LogP contribution < -0.4 is 10.6 Å². The minimum absolute atomic E-state index is 0.118. The number of aromatic hydroxyl groups is 1. The molecule has 0 saturated carbocycles. The van der Waals surface area contributed by atoms with Gasteiger partial charge in [-0.25, -0.2) is 4.98 Å². The molecule has 0 aliphatic heterocycles. The molecule has 2 aromatic rings. The highest BCUT2D eigenvalue weighted by molar-refractivity contribution is 6.33. The number of phenols is 1. The molecule has 116 valence electrons. The molecule has 0 saturated heterocycles. The smallest absolute Gasteiger partial charge is 0.251 e. The first-order chi connectivity index (χ1) is 10.6. The van der Waals surface area contributed by atoms with Crippen molar-refractivity contribution in [2.24, 2.45) is 0 Å². The summed E-state index contributed by atoms with van der Waals surface area (Å²) in [5.74, 6) is 0.399. The van der Waals surface area contributed by atoms with Crippen molar-refractivity contribution in [3.63, 3.8) is 0 Å². The lowest BCUT2D eigenvalue weighted by molar-refractivity contribution is 0.0953. The minimum Gasteiger partial charge on any atom is -0.508 e. The van der Waals surface area contributed by atoms with E-state index in [2.05, 4.69) is 20.6 Å². The number of amides is 1. The maximum absolute atomic E-state index is 11.8. The van der Waals surface area contributed by atoms with E-state index in [0.717, 1.165) is 0 Å². The second kappa shape index (κ2) is 7.82. The summed E-state index contributed by atoms with van der Waals surface area (Å²) >= 11 is 11.6. The fourth-order valence-corrected chi connectivity index (χ4v) is 1.97. The number of nitrogens with one attached hydrogen (secondary N) is 2. The molecule has 0 fully saturated rings. The Morgan fingerprint density at radius 1 is 1.18 bits per heavy atom. The number of carbonyl (C=O) groups is 1. The third-order valence-electron chi connectivity index (χ3n) is 2.78. The maximum atomic E-state index is 11.8. The van der Waals surface area contributed by atoms with Gasteiger partial charge in [-0.2, -0.15) is 4.98 Å². The predicted octanol–water partition coefficient (Wildman–Crippen LogP) is 2.72. The van der Waals surface area contributed by atoms with Gasteiger partial charge >= 0.3 is 0 Å². The monoisotopic (exact) mass is 340 g/mol. The van der Waals surface area contributed by atoms with Crippen LogP contribution in [0.25, 0.3) is 0 Å². The molecule has 0 atom stereocenters. The third kappa shape index (κ3) is 4.75. The van der Waals surface area contributed by atoms with Crippen molar-refractivity contribution in [1.82, 2.24) is 15.3 Å². The van der Waals surface area contributed by atoms with Crippen molar-refractivity contribution in [1.29, 1.82) is 0 Å². The van der Waals surface area contributed by atoms with Gasteiger partial charge in [-0.1, -0.05) is 11.6 Å². The van der Waals surface area contributed by atoms with E-state index in [1.54, 1.807) is 12.1 Å². The molecular formula is C14H14Cl2N4O2. The molecule has 1 aromatic carbocycles. The van der Waals surface area contributed by atoms with Crippen LogP contribution in [0.2, 0.25) is 10.3 Å². The molecule has 0 bridgehead atoms. The van der Waals surface area contributed by atoms with Gasteiger partial charge in [0, 0.05) is 18.7 Å². The summed E-state index contributed by atoms with van der Waals surface area (Å²) < 4.78 is 0. The highest BCUT2D eigenvalue weighted by atomic mass is 35.5. The molecule has 0 aliphatic rings. The summed E-state index contributed by atoms with van der Waals surface area (Å²) in [5, 5.41) is 15.5. The number of carbonyl (C=O) groups excluding carboxylic acids is 1.